The Morgan fingerprint density at radius 3 is 2.97 bits per heavy atom. The standard InChI is InChI=1S/C24H30N4O2S/c1-3-30-23-7-6-18(12-20(23)16-29)14-28-9-4-5-19(15-28)22-13-21(11-17(2)26-22)27-24-25-8-10-31-24/h6-8,10-13,19,29H,3-5,9,14-16H2,1-2H3,(H,25,26,27). The summed E-state index contributed by atoms with van der Waals surface area (Å²) in [6, 6.07) is 10.4. The summed E-state index contributed by atoms with van der Waals surface area (Å²) < 4.78 is 5.62. The molecule has 31 heavy (non-hydrogen) atoms. The molecule has 0 spiro atoms. The van der Waals surface area contributed by atoms with Crippen molar-refractivity contribution in [3.63, 3.8) is 0 Å². The van der Waals surface area contributed by atoms with Gasteiger partial charge in [0.15, 0.2) is 5.13 Å². The fourth-order valence-electron chi connectivity index (χ4n) is 4.23. The van der Waals surface area contributed by atoms with Crippen LogP contribution in [0.25, 0.3) is 0 Å². The van der Waals surface area contributed by atoms with Crippen molar-refractivity contribution in [3.8, 4) is 5.75 Å². The third-order valence-electron chi connectivity index (χ3n) is 5.58. The normalized spacial score (nSPS) is 16.9. The maximum Gasteiger partial charge on any atom is 0.187 e. The molecule has 2 N–H and O–H groups in total. The lowest BCUT2D eigenvalue weighted by Gasteiger charge is -2.33. The van der Waals surface area contributed by atoms with Gasteiger partial charge in [-0.05, 0) is 63.1 Å². The molecule has 0 saturated carbocycles. The van der Waals surface area contributed by atoms with E-state index in [4.69, 9.17) is 9.72 Å². The highest BCUT2D eigenvalue weighted by Gasteiger charge is 2.23. The van der Waals surface area contributed by atoms with Gasteiger partial charge in [0.05, 0.1) is 13.2 Å². The number of nitrogens with zero attached hydrogens (tertiary/aromatic N) is 3. The highest BCUT2D eigenvalue weighted by molar-refractivity contribution is 7.13. The molecule has 1 aliphatic heterocycles. The summed E-state index contributed by atoms with van der Waals surface area (Å²) in [6.45, 7) is 7.53. The molecule has 7 heteroatoms. The maximum atomic E-state index is 9.70. The van der Waals surface area contributed by atoms with Crippen LogP contribution in [0, 0.1) is 6.92 Å². The van der Waals surface area contributed by atoms with Crippen molar-refractivity contribution in [1.82, 2.24) is 14.9 Å². The molecule has 0 radical (unpaired) electrons. The minimum Gasteiger partial charge on any atom is -0.494 e. The summed E-state index contributed by atoms with van der Waals surface area (Å²) in [5.41, 5.74) is 5.27. The first kappa shape index (κ1) is 21.7. The Labute approximate surface area is 187 Å². The molecular weight excluding hydrogens is 408 g/mol. The Kier molecular flexibility index (Phi) is 7.17. The number of hydrogen-bond donors (Lipinski definition) is 2. The molecule has 0 bridgehead atoms. The number of rotatable bonds is 8. The van der Waals surface area contributed by atoms with Crippen LogP contribution in [0.3, 0.4) is 0 Å². The number of thiazole rings is 1. The van der Waals surface area contributed by atoms with Crippen LogP contribution in [0.1, 0.15) is 48.2 Å². The monoisotopic (exact) mass is 438 g/mol. The smallest absolute Gasteiger partial charge is 0.187 e. The van der Waals surface area contributed by atoms with Gasteiger partial charge in [0.2, 0.25) is 0 Å². The van der Waals surface area contributed by atoms with E-state index in [9.17, 15) is 5.11 Å². The molecule has 1 aromatic carbocycles. The van der Waals surface area contributed by atoms with Crippen LogP contribution < -0.4 is 10.1 Å². The second kappa shape index (κ2) is 10.2. The molecule has 2 aromatic heterocycles. The van der Waals surface area contributed by atoms with E-state index in [-0.39, 0.29) is 6.61 Å². The Balaban J connectivity index is 1.46. The fraction of sp³-hybridized carbons (Fsp3) is 0.417. The van der Waals surface area contributed by atoms with Crippen molar-refractivity contribution in [2.45, 2.75) is 45.8 Å². The third kappa shape index (κ3) is 5.61. The number of pyridine rings is 1. The van der Waals surface area contributed by atoms with Gasteiger partial charge in [-0.2, -0.15) is 0 Å². The predicted octanol–water partition coefficient (Wildman–Crippen LogP) is 4.86. The predicted molar refractivity (Wildman–Crippen MR) is 125 cm³/mol. The largest absolute Gasteiger partial charge is 0.494 e. The average molecular weight is 439 g/mol. The number of aliphatic hydroxyl groups excluding tert-OH is 1. The van der Waals surface area contributed by atoms with Crippen molar-refractivity contribution in [3.05, 3.63) is 64.4 Å². The average Bonchev–Trinajstić information content (AvgIpc) is 3.28. The quantitative estimate of drug-likeness (QED) is 0.523. The zero-order valence-corrected chi connectivity index (χ0v) is 19.0. The van der Waals surface area contributed by atoms with E-state index in [1.807, 2.05) is 31.5 Å². The molecule has 164 valence electrons. The number of aliphatic hydroxyl groups is 1. The summed E-state index contributed by atoms with van der Waals surface area (Å²) in [4.78, 5) is 11.7. The first-order chi connectivity index (χ1) is 15.1. The van der Waals surface area contributed by atoms with Gasteiger partial charge >= 0.3 is 0 Å². The Hall–Kier alpha value is -2.48. The minimum absolute atomic E-state index is 0.00607. The number of nitrogens with one attached hydrogen (secondary N) is 1. The van der Waals surface area contributed by atoms with Crippen LogP contribution >= 0.6 is 11.3 Å². The number of likely N-dealkylation sites (tertiary alicyclic amines) is 1. The van der Waals surface area contributed by atoms with Gasteiger partial charge in [0, 0.05) is 53.2 Å². The lowest BCUT2D eigenvalue weighted by Crippen LogP contribution is -2.34. The van der Waals surface area contributed by atoms with E-state index in [1.54, 1.807) is 11.3 Å². The van der Waals surface area contributed by atoms with Gasteiger partial charge in [0.25, 0.3) is 0 Å². The molecule has 1 saturated heterocycles. The van der Waals surface area contributed by atoms with Gasteiger partial charge in [-0.3, -0.25) is 9.88 Å². The topological polar surface area (TPSA) is 70.5 Å². The Morgan fingerprint density at radius 1 is 1.29 bits per heavy atom. The van der Waals surface area contributed by atoms with E-state index in [0.717, 1.165) is 66.0 Å². The second-order valence-corrected chi connectivity index (χ2v) is 8.89. The number of anilines is 2. The van der Waals surface area contributed by atoms with Crippen LogP contribution in [0.4, 0.5) is 10.8 Å². The number of piperidine rings is 1. The van der Waals surface area contributed by atoms with Crippen molar-refractivity contribution >= 4 is 22.2 Å². The first-order valence-electron chi connectivity index (χ1n) is 10.9. The molecule has 1 aliphatic rings. The molecule has 0 amide bonds. The zero-order chi connectivity index (χ0) is 21.6. The Bertz CT molecular complexity index is 993. The van der Waals surface area contributed by atoms with Crippen molar-refractivity contribution in [2.24, 2.45) is 0 Å². The third-order valence-corrected chi connectivity index (χ3v) is 6.27. The number of aromatic nitrogens is 2. The van der Waals surface area contributed by atoms with Crippen LogP contribution in [-0.2, 0) is 13.2 Å². The van der Waals surface area contributed by atoms with E-state index in [1.165, 1.54) is 5.56 Å². The van der Waals surface area contributed by atoms with Crippen LogP contribution in [0.15, 0.2) is 41.9 Å². The van der Waals surface area contributed by atoms with Gasteiger partial charge in [-0.1, -0.05) is 6.07 Å². The summed E-state index contributed by atoms with van der Waals surface area (Å²) in [7, 11) is 0. The maximum absolute atomic E-state index is 9.70. The van der Waals surface area contributed by atoms with Crippen LogP contribution in [-0.4, -0.2) is 39.7 Å². The summed E-state index contributed by atoms with van der Waals surface area (Å²) in [6.07, 6.45) is 4.11. The van der Waals surface area contributed by atoms with E-state index < -0.39 is 0 Å². The summed E-state index contributed by atoms with van der Waals surface area (Å²) in [5.74, 6) is 1.18. The summed E-state index contributed by atoms with van der Waals surface area (Å²) in [5, 5.41) is 16.0. The molecule has 6 nitrogen and oxygen atoms in total. The number of ether oxygens (including phenoxy) is 1. The van der Waals surface area contributed by atoms with Crippen LogP contribution in [0.2, 0.25) is 0 Å². The van der Waals surface area contributed by atoms with E-state index >= 15 is 0 Å². The molecule has 4 rings (SSSR count). The second-order valence-electron chi connectivity index (χ2n) is 7.99. The molecular formula is C24H30N4O2S. The van der Waals surface area contributed by atoms with E-state index in [2.05, 4.69) is 39.5 Å². The van der Waals surface area contributed by atoms with Crippen LogP contribution in [0.5, 0.6) is 5.75 Å². The number of aryl methyl sites for hydroxylation is 1. The highest BCUT2D eigenvalue weighted by Crippen LogP contribution is 2.30. The lowest BCUT2D eigenvalue weighted by molar-refractivity contribution is 0.198. The molecule has 0 aliphatic carbocycles. The minimum atomic E-state index is -0.00607. The SMILES string of the molecule is CCOc1ccc(CN2CCCC(c3cc(Nc4nccs4)cc(C)n3)C2)cc1CO. The highest BCUT2D eigenvalue weighted by atomic mass is 32.1. The molecule has 1 fully saturated rings. The molecule has 1 atom stereocenters. The first-order valence-corrected chi connectivity index (χ1v) is 11.8. The Morgan fingerprint density at radius 2 is 2.19 bits per heavy atom. The van der Waals surface area contributed by atoms with Crippen molar-refractivity contribution in [2.75, 3.05) is 25.0 Å². The number of benzene rings is 1. The van der Waals surface area contributed by atoms with E-state index in [0.29, 0.717) is 12.5 Å². The van der Waals surface area contributed by atoms with Crippen molar-refractivity contribution < 1.29 is 9.84 Å². The van der Waals surface area contributed by atoms with Gasteiger partial charge in [-0.25, -0.2) is 4.98 Å². The molecule has 3 aromatic rings. The number of hydrogen-bond acceptors (Lipinski definition) is 7. The van der Waals surface area contributed by atoms with Gasteiger partial charge in [-0.15, -0.1) is 11.3 Å². The zero-order valence-electron chi connectivity index (χ0n) is 18.2. The van der Waals surface area contributed by atoms with Gasteiger partial charge in [0.1, 0.15) is 5.75 Å². The van der Waals surface area contributed by atoms with Gasteiger partial charge < -0.3 is 15.2 Å². The van der Waals surface area contributed by atoms with Crippen molar-refractivity contribution in [1.29, 1.82) is 0 Å². The summed E-state index contributed by atoms with van der Waals surface area (Å²) >= 11 is 1.60. The molecule has 3 heterocycles. The lowest BCUT2D eigenvalue weighted by atomic mass is 9.93. The fourth-order valence-corrected chi connectivity index (χ4v) is 4.78. The molecule has 1 unspecified atom stereocenters.